The SMILES string of the molecule is CCCNCC(CCC)CCOc1ccccc1. The van der Waals surface area contributed by atoms with E-state index in [2.05, 4.69) is 19.2 Å². The zero-order chi connectivity index (χ0) is 13.1. The van der Waals surface area contributed by atoms with Gasteiger partial charge in [-0.15, -0.1) is 0 Å². The second-order valence-electron chi connectivity index (χ2n) is 4.81. The van der Waals surface area contributed by atoms with Crippen LogP contribution in [0, 0.1) is 5.92 Å². The largest absolute Gasteiger partial charge is 0.494 e. The van der Waals surface area contributed by atoms with Crippen LogP contribution in [0.4, 0.5) is 0 Å². The van der Waals surface area contributed by atoms with E-state index in [1.54, 1.807) is 0 Å². The third-order valence-corrected chi connectivity index (χ3v) is 3.09. The molecule has 2 heteroatoms. The molecule has 0 aliphatic heterocycles. The number of rotatable bonds is 10. The Balaban J connectivity index is 2.20. The van der Waals surface area contributed by atoms with Crippen molar-refractivity contribution in [3.05, 3.63) is 30.3 Å². The summed E-state index contributed by atoms with van der Waals surface area (Å²) in [6.45, 7) is 7.54. The second-order valence-corrected chi connectivity index (χ2v) is 4.81. The first kappa shape index (κ1) is 15.0. The van der Waals surface area contributed by atoms with Crippen LogP contribution >= 0.6 is 0 Å². The lowest BCUT2D eigenvalue weighted by atomic mass is 10.0. The van der Waals surface area contributed by atoms with Gasteiger partial charge in [-0.3, -0.25) is 0 Å². The summed E-state index contributed by atoms with van der Waals surface area (Å²) in [5.41, 5.74) is 0. The first-order chi connectivity index (χ1) is 8.86. The first-order valence-corrected chi connectivity index (χ1v) is 7.25. The van der Waals surface area contributed by atoms with E-state index in [0.717, 1.165) is 37.8 Å². The van der Waals surface area contributed by atoms with Gasteiger partial charge in [-0.2, -0.15) is 0 Å². The van der Waals surface area contributed by atoms with E-state index in [0.29, 0.717) is 0 Å². The molecule has 0 fully saturated rings. The predicted molar refractivity (Wildman–Crippen MR) is 78.1 cm³/mol. The molecule has 1 N–H and O–H groups in total. The summed E-state index contributed by atoms with van der Waals surface area (Å²) < 4.78 is 5.76. The van der Waals surface area contributed by atoms with Gasteiger partial charge in [-0.1, -0.05) is 38.5 Å². The van der Waals surface area contributed by atoms with Crippen LogP contribution in [0.15, 0.2) is 30.3 Å². The molecular weight excluding hydrogens is 222 g/mol. The molecule has 0 aliphatic carbocycles. The standard InChI is InChI=1S/C16H27NO/c1-3-8-15(14-17-12-4-2)11-13-18-16-9-6-5-7-10-16/h5-7,9-10,15,17H,3-4,8,11-14H2,1-2H3. The minimum atomic E-state index is 0.741. The second kappa shape index (κ2) is 9.95. The molecule has 0 aromatic heterocycles. The van der Waals surface area contributed by atoms with Gasteiger partial charge < -0.3 is 10.1 Å². The molecule has 1 unspecified atom stereocenters. The Morgan fingerprint density at radius 3 is 2.50 bits per heavy atom. The number of para-hydroxylation sites is 1. The summed E-state index contributed by atoms with van der Waals surface area (Å²) in [7, 11) is 0. The third kappa shape index (κ3) is 6.65. The summed E-state index contributed by atoms with van der Waals surface area (Å²) >= 11 is 0. The number of benzene rings is 1. The molecule has 1 aromatic rings. The van der Waals surface area contributed by atoms with Crippen molar-refractivity contribution < 1.29 is 4.74 Å². The maximum Gasteiger partial charge on any atom is 0.119 e. The fourth-order valence-corrected chi connectivity index (χ4v) is 2.10. The summed E-state index contributed by atoms with van der Waals surface area (Å²) in [4.78, 5) is 0. The fourth-order valence-electron chi connectivity index (χ4n) is 2.10. The Hall–Kier alpha value is -1.02. The quantitative estimate of drug-likeness (QED) is 0.636. The van der Waals surface area contributed by atoms with Crippen LogP contribution in [0.5, 0.6) is 5.75 Å². The van der Waals surface area contributed by atoms with Crippen LogP contribution in [0.3, 0.4) is 0 Å². The highest BCUT2D eigenvalue weighted by molar-refractivity contribution is 5.20. The topological polar surface area (TPSA) is 21.3 Å². The van der Waals surface area contributed by atoms with Gasteiger partial charge in [0.1, 0.15) is 5.75 Å². The van der Waals surface area contributed by atoms with Gasteiger partial charge in [-0.05, 0) is 50.4 Å². The van der Waals surface area contributed by atoms with Crippen molar-refractivity contribution in [1.82, 2.24) is 5.32 Å². The van der Waals surface area contributed by atoms with Crippen molar-refractivity contribution in [1.29, 1.82) is 0 Å². The maximum atomic E-state index is 5.76. The summed E-state index contributed by atoms with van der Waals surface area (Å²) in [6, 6.07) is 10.1. The van der Waals surface area contributed by atoms with E-state index >= 15 is 0 Å². The molecule has 0 aliphatic rings. The summed E-state index contributed by atoms with van der Waals surface area (Å²) in [5.74, 6) is 1.72. The van der Waals surface area contributed by atoms with Gasteiger partial charge in [0.2, 0.25) is 0 Å². The molecule has 1 aromatic carbocycles. The van der Waals surface area contributed by atoms with E-state index in [-0.39, 0.29) is 0 Å². The average Bonchev–Trinajstić information content (AvgIpc) is 2.40. The highest BCUT2D eigenvalue weighted by atomic mass is 16.5. The number of hydrogen-bond acceptors (Lipinski definition) is 2. The average molecular weight is 249 g/mol. The molecule has 0 saturated heterocycles. The molecule has 0 amide bonds. The van der Waals surface area contributed by atoms with Crippen molar-refractivity contribution in [2.24, 2.45) is 5.92 Å². The molecule has 0 radical (unpaired) electrons. The van der Waals surface area contributed by atoms with Crippen molar-refractivity contribution in [2.75, 3.05) is 19.7 Å². The molecule has 1 atom stereocenters. The van der Waals surface area contributed by atoms with Crippen LogP contribution in [-0.4, -0.2) is 19.7 Å². The fraction of sp³-hybridized carbons (Fsp3) is 0.625. The highest BCUT2D eigenvalue weighted by Crippen LogP contribution is 2.13. The van der Waals surface area contributed by atoms with E-state index in [1.807, 2.05) is 30.3 Å². The smallest absolute Gasteiger partial charge is 0.119 e. The third-order valence-electron chi connectivity index (χ3n) is 3.09. The van der Waals surface area contributed by atoms with E-state index in [1.165, 1.54) is 19.3 Å². The molecule has 0 bridgehead atoms. The molecule has 102 valence electrons. The number of hydrogen-bond donors (Lipinski definition) is 1. The van der Waals surface area contributed by atoms with Crippen molar-refractivity contribution >= 4 is 0 Å². The van der Waals surface area contributed by atoms with Crippen molar-refractivity contribution in [2.45, 2.75) is 39.5 Å². The van der Waals surface area contributed by atoms with E-state index < -0.39 is 0 Å². The highest BCUT2D eigenvalue weighted by Gasteiger charge is 2.07. The zero-order valence-corrected chi connectivity index (χ0v) is 11.8. The molecule has 18 heavy (non-hydrogen) atoms. The Labute approximate surface area is 112 Å². The Bertz CT molecular complexity index is 286. The molecule has 0 spiro atoms. The minimum absolute atomic E-state index is 0.741. The zero-order valence-electron chi connectivity index (χ0n) is 11.8. The maximum absolute atomic E-state index is 5.76. The summed E-state index contributed by atoms with van der Waals surface area (Å²) in [5, 5.41) is 3.51. The predicted octanol–water partition coefficient (Wildman–Crippen LogP) is 3.87. The Kier molecular flexibility index (Phi) is 8.32. The van der Waals surface area contributed by atoms with E-state index in [9.17, 15) is 0 Å². The Morgan fingerprint density at radius 1 is 1.06 bits per heavy atom. The number of nitrogens with one attached hydrogen (secondary N) is 1. The van der Waals surface area contributed by atoms with Crippen LogP contribution in [0.25, 0.3) is 0 Å². The van der Waals surface area contributed by atoms with Gasteiger partial charge >= 0.3 is 0 Å². The first-order valence-electron chi connectivity index (χ1n) is 7.25. The monoisotopic (exact) mass is 249 g/mol. The lowest BCUT2D eigenvalue weighted by Crippen LogP contribution is -2.24. The van der Waals surface area contributed by atoms with Crippen molar-refractivity contribution in [3.8, 4) is 5.75 Å². The van der Waals surface area contributed by atoms with Crippen molar-refractivity contribution in [3.63, 3.8) is 0 Å². The molecule has 0 heterocycles. The van der Waals surface area contributed by atoms with Crippen LogP contribution < -0.4 is 10.1 Å². The van der Waals surface area contributed by atoms with Crippen LogP contribution in [0.1, 0.15) is 39.5 Å². The van der Waals surface area contributed by atoms with Gasteiger partial charge in [0.15, 0.2) is 0 Å². The lowest BCUT2D eigenvalue weighted by Gasteiger charge is -2.17. The lowest BCUT2D eigenvalue weighted by molar-refractivity contribution is 0.267. The minimum Gasteiger partial charge on any atom is -0.494 e. The molecule has 1 rings (SSSR count). The van der Waals surface area contributed by atoms with Gasteiger partial charge in [0, 0.05) is 0 Å². The molecule has 2 nitrogen and oxygen atoms in total. The molecular formula is C16H27NO. The normalized spacial score (nSPS) is 12.3. The van der Waals surface area contributed by atoms with E-state index in [4.69, 9.17) is 4.74 Å². The number of ether oxygens (including phenoxy) is 1. The Morgan fingerprint density at radius 2 is 1.83 bits per heavy atom. The van der Waals surface area contributed by atoms with Crippen LogP contribution in [0.2, 0.25) is 0 Å². The van der Waals surface area contributed by atoms with Gasteiger partial charge in [0.25, 0.3) is 0 Å². The van der Waals surface area contributed by atoms with Crippen LogP contribution in [-0.2, 0) is 0 Å². The summed E-state index contributed by atoms with van der Waals surface area (Å²) in [6.07, 6.45) is 4.89. The van der Waals surface area contributed by atoms with Gasteiger partial charge in [-0.25, -0.2) is 0 Å². The molecule has 0 saturated carbocycles. The van der Waals surface area contributed by atoms with Gasteiger partial charge in [0.05, 0.1) is 6.61 Å².